The monoisotopic (exact) mass is 501 g/mol. The van der Waals surface area contributed by atoms with Gasteiger partial charge in [-0.25, -0.2) is 9.97 Å². The molecule has 0 radical (unpaired) electrons. The van der Waals surface area contributed by atoms with Crippen molar-refractivity contribution in [1.29, 1.82) is 0 Å². The van der Waals surface area contributed by atoms with E-state index in [4.69, 9.17) is 4.74 Å². The maximum absolute atomic E-state index is 13.0. The van der Waals surface area contributed by atoms with Gasteiger partial charge in [-0.2, -0.15) is 13.2 Å². The van der Waals surface area contributed by atoms with Crippen LogP contribution >= 0.6 is 11.3 Å². The van der Waals surface area contributed by atoms with Crippen LogP contribution in [0.4, 0.5) is 13.2 Å². The number of carbonyl (C=O) groups excluding carboxylic acids is 1. The third-order valence-corrected chi connectivity index (χ3v) is 6.28. The molecule has 0 saturated heterocycles. The first-order valence-electron chi connectivity index (χ1n) is 10.5. The molecule has 35 heavy (non-hydrogen) atoms. The zero-order chi connectivity index (χ0) is 24.7. The number of benzene rings is 1. The Hall–Kier alpha value is -3.93. The molecule has 0 unspecified atom stereocenters. The average Bonchev–Trinajstić information content (AvgIpc) is 3.44. The Bertz CT molecular complexity index is 1460. The normalized spacial score (nSPS) is 13.7. The number of nitrogens with zero attached hydrogens (tertiary/aromatic N) is 5. The number of rotatable bonds is 5. The van der Waals surface area contributed by atoms with Gasteiger partial charge in [-0.1, -0.05) is 11.3 Å². The summed E-state index contributed by atoms with van der Waals surface area (Å²) in [7, 11) is 0. The predicted octanol–water partition coefficient (Wildman–Crippen LogP) is 4.27. The fourth-order valence-corrected chi connectivity index (χ4v) is 4.45. The minimum Gasteiger partial charge on any atom is -0.431 e. The molecular formula is C23H18F3N5O3S. The molecule has 12 heteroatoms. The van der Waals surface area contributed by atoms with Gasteiger partial charge in [0.1, 0.15) is 17.1 Å². The van der Waals surface area contributed by atoms with Crippen molar-refractivity contribution in [2.45, 2.75) is 26.2 Å². The molecule has 3 aromatic heterocycles. The van der Waals surface area contributed by atoms with Gasteiger partial charge in [0.25, 0.3) is 16.7 Å². The largest absolute Gasteiger partial charge is 0.431 e. The van der Waals surface area contributed by atoms with Crippen LogP contribution in [-0.2, 0) is 19.3 Å². The maximum atomic E-state index is 13.0. The van der Waals surface area contributed by atoms with E-state index in [-0.39, 0.29) is 29.0 Å². The number of pyridine rings is 1. The van der Waals surface area contributed by atoms with E-state index < -0.39 is 11.7 Å². The van der Waals surface area contributed by atoms with Crippen LogP contribution in [0.2, 0.25) is 0 Å². The van der Waals surface area contributed by atoms with Crippen molar-refractivity contribution in [1.82, 2.24) is 24.0 Å². The van der Waals surface area contributed by atoms with Crippen molar-refractivity contribution in [2.24, 2.45) is 0 Å². The van der Waals surface area contributed by atoms with Crippen molar-refractivity contribution in [3.05, 3.63) is 87.3 Å². The van der Waals surface area contributed by atoms with E-state index in [1.807, 2.05) is 6.92 Å². The van der Waals surface area contributed by atoms with Crippen molar-refractivity contribution < 1.29 is 22.7 Å². The van der Waals surface area contributed by atoms with E-state index >= 15 is 0 Å². The molecule has 8 nitrogen and oxygen atoms in total. The number of aryl methyl sites for hydroxylation is 1. The smallest absolute Gasteiger partial charge is 0.416 e. The highest BCUT2D eigenvalue weighted by Crippen LogP contribution is 2.32. The number of imidazole rings is 1. The van der Waals surface area contributed by atoms with Gasteiger partial charge >= 0.3 is 6.18 Å². The van der Waals surface area contributed by atoms with Gasteiger partial charge in [0, 0.05) is 24.7 Å². The highest BCUT2D eigenvalue weighted by atomic mass is 32.1. The summed E-state index contributed by atoms with van der Waals surface area (Å²) in [5, 5.41) is 1.97. The number of hydrogen-bond donors (Lipinski definition) is 0. The number of amides is 1. The number of carbonyl (C=O) groups is 1. The Balaban J connectivity index is 1.28. The molecule has 0 fully saturated rings. The summed E-state index contributed by atoms with van der Waals surface area (Å²) < 4.78 is 46.8. The van der Waals surface area contributed by atoms with E-state index in [0.717, 1.165) is 17.8 Å². The molecular weight excluding hydrogens is 483 g/mol. The lowest BCUT2D eigenvalue weighted by Gasteiger charge is -2.29. The Morgan fingerprint density at radius 3 is 2.54 bits per heavy atom. The van der Waals surface area contributed by atoms with E-state index in [0.29, 0.717) is 30.2 Å². The summed E-state index contributed by atoms with van der Waals surface area (Å²) >= 11 is 1.18. The quantitative estimate of drug-likeness (QED) is 0.408. The molecule has 1 aliphatic heterocycles. The number of thiazole rings is 1. The second kappa shape index (κ2) is 8.69. The van der Waals surface area contributed by atoms with Crippen molar-refractivity contribution in [3.63, 3.8) is 0 Å². The molecule has 5 rings (SSSR count). The fourth-order valence-electron chi connectivity index (χ4n) is 3.78. The SMILES string of the molecule is Cc1cn(-c2ccc3n(c2=O)CCN(Cc2csc(Oc4ccc(C(F)(F)F)cc4)n2)C3=O)cn1. The predicted molar refractivity (Wildman–Crippen MR) is 121 cm³/mol. The molecule has 180 valence electrons. The average molecular weight is 501 g/mol. The van der Waals surface area contributed by atoms with Gasteiger partial charge < -0.3 is 18.8 Å². The Labute approximate surface area is 200 Å². The first-order chi connectivity index (χ1) is 16.7. The van der Waals surface area contributed by atoms with Crippen molar-refractivity contribution in [2.75, 3.05) is 6.54 Å². The van der Waals surface area contributed by atoms with E-state index in [9.17, 15) is 22.8 Å². The number of hydrogen-bond acceptors (Lipinski definition) is 6. The molecule has 0 N–H and O–H groups in total. The topological polar surface area (TPSA) is 82.3 Å². The number of alkyl halides is 3. The van der Waals surface area contributed by atoms with Crippen LogP contribution < -0.4 is 10.3 Å². The number of ether oxygens (including phenoxy) is 1. The summed E-state index contributed by atoms with van der Waals surface area (Å²) in [6.45, 7) is 2.69. The third-order valence-electron chi connectivity index (χ3n) is 5.51. The molecule has 1 aliphatic rings. The molecule has 0 atom stereocenters. The number of fused-ring (bicyclic) bond motifs is 1. The van der Waals surface area contributed by atoms with Crippen LogP contribution in [0.5, 0.6) is 10.9 Å². The second-order valence-corrected chi connectivity index (χ2v) is 8.76. The van der Waals surface area contributed by atoms with Gasteiger partial charge in [0.05, 0.1) is 29.8 Å². The summed E-state index contributed by atoms with van der Waals surface area (Å²) in [5.41, 5.74) is 1.03. The van der Waals surface area contributed by atoms with Gasteiger partial charge in [0.15, 0.2) is 0 Å². The first kappa shape index (κ1) is 22.8. The molecule has 4 aromatic rings. The lowest BCUT2D eigenvalue weighted by molar-refractivity contribution is -0.137. The van der Waals surface area contributed by atoms with Crippen LogP contribution in [0, 0.1) is 6.92 Å². The van der Waals surface area contributed by atoms with Gasteiger partial charge in [0.2, 0.25) is 0 Å². The highest BCUT2D eigenvalue weighted by Gasteiger charge is 2.30. The zero-order valence-electron chi connectivity index (χ0n) is 18.3. The minimum absolute atomic E-state index is 0.211. The van der Waals surface area contributed by atoms with Crippen LogP contribution in [0.15, 0.2) is 59.1 Å². The Morgan fingerprint density at radius 1 is 1.09 bits per heavy atom. The number of aromatic nitrogens is 4. The van der Waals surface area contributed by atoms with E-state index in [1.54, 1.807) is 39.5 Å². The second-order valence-electron chi connectivity index (χ2n) is 7.94. The van der Waals surface area contributed by atoms with Crippen LogP contribution in [0.1, 0.15) is 27.4 Å². The Kier molecular flexibility index (Phi) is 5.67. The molecule has 4 heterocycles. The summed E-state index contributed by atoms with van der Waals surface area (Å²) in [4.78, 5) is 36.0. The molecule has 0 spiro atoms. The van der Waals surface area contributed by atoms with Gasteiger partial charge in [-0.3, -0.25) is 9.59 Å². The van der Waals surface area contributed by atoms with Gasteiger partial charge in [-0.05, 0) is 43.3 Å². The zero-order valence-corrected chi connectivity index (χ0v) is 19.1. The van der Waals surface area contributed by atoms with Crippen molar-refractivity contribution >= 4 is 17.2 Å². The van der Waals surface area contributed by atoms with Crippen LogP contribution in [0.25, 0.3) is 5.69 Å². The van der Waals surface area contributed by atoms with Crippen molar-refractivity contribution in [3.8, 4) is 16.6 Å². The standard InChI is InChI=1S/C23H18F3N5O3S/c1-14-10-30(13-27-14)18-6-7-19-20(32)29(8-9-31(19)21(18)33)11-16-12-35-22(28-16)34-17-4-2-15(3-5-17)23(24,25)26/h2-7,10,12-13H,8-9,11H2,1H3. The fraction of sp³-hybridized carbons (Fsp3) is 0.217. The summed E-state index contributed by atoms with van der Waals surface area (Å²) in [6, 6.07) is 7.57. The molecule has 1 aromatic carbocycles. The minimum atomic E-state index is -4.42. The van der Waals surface area contributed by atoms with Gasteiger partial charge in [-0.15, -0.1) is 0 Å². The maximum Gasteiger partial charge on any atom is 0.416 e. The molecule has 0 saturated carbocycles. The van der Waals surface area contributed by atoms with E-state index in [2.05, 4.69) is 9.97 Å². The lowest BCUT2D eigenvalue weighted by Crippen LogP contribution is -2.44. The first-order valence-corrected chi connectivity index (χ1v) is 11.4. The number of halogens is 3. The highest BCUT2D eigenvalue weighted by molar-refractivity contribution is 7.11. The lowest BCUT2D eigenvalue weighted by atomic mass is 10.2. The van der Waals surface area contributed by atoms with Crippen LogP contribution in [-0.4, -0.2) is 36.5 Å². The Morgan fingerprint density at radius 2 is 1.86 bits per heavy atom. The van der Waals surface area contributed by atoms with E-state index in [1.165, 1.54) is 28.0 Å². The molecule has 1 amide bonds. The summed E-state index contributed by atoms with van der Waals surface area (Å²) in [6.07, 6.45) is -1.12. The molecule has 0 bridgehead atoms. The molecule has 0 aliphatic carbocycles. The van der Waals surface area contributed by atoms with Crippen LogP contribution in [0.3, 0.4) is 0 Å². The third kappa shape index (κ3) is 4.56. The summed E-state index contributed by atoms with van der Waals surface area (Å²) in [5.74, 6) is -0.0648.